The molecule has 1 fully saturated rings. The maximum absolute atomic E-state index is 12.1. The lowest BCUT2D eigenvalue weighted by molar-refractivity contribution is -0.0498. The molecule has 7 heteroatoms. The fourth-order valence-electron chi connectivity index (χ4n) is 2.64. The third kappa shape index (κ3) is 4.78. The number of benzene rings is 1. The number of piperidine rings is 1. The van der Waals surface area contributed by atoms with Crippen molar-refractivity contribution in [3.8, 4) is 5.75 Å². The van der Waals surface area contributed by atoms with Crippen molar-refractivity contribution in [2.24, 2.45) is 0 Å². The quantitative estimate of drug-likeness (QED) is 0.823. The van der Waals surface area contributed by atoms with E-state index in [1.807, 2.05) is 0 Å². The number of nitrogens with zero attached hydrogens (tertiary/aromatic N) is 1. The Kier molecular flexibility index (Phi) is 5.90. The van der Waals surface area contributed by atoms with Gasteiger partial charge in [-0.1, -0.05) is 6.42 Å². The molecule has 0 spiro atoms. The van der Waals surface area contributed by atoms with Crippen molar-refractivity contribution in [2.45, 2.75) is 51.8 Å². The average molecular weight is 329 g/mol. The zero-order valence-electron chi connectivity index (χ0n) is 12.7. The Hall–Kier alpha value is -1.47. The van der Waals surface area contributed by atoms with Crippen LogP contribution in [0, 0.1) is 0 Å². The van der Waals surface area contributed by atoms with E-state index in [-0.39, 0.29) is 5.75 Å². The summed E-state index contributed by atoms with van der Waals surface area (Å²) >= 11 is 5.31. The van der Waals surface area contributed by atoms with E-state index in [0.717, 1.165) is 18.5 Å². The minimum Gasteiger partial charge on any atom is -0.435 e. The van der Waals surface area contributed by atoms with Crippen LogP contribution >= 0.6 is 12.2 Å². The molecule has 22 heavy (non-hydrogen) atoms. The van der Waals surface area contributed by atoms with Crippen molar-refractivity contribution in [3.63, 3.8) is 0 Å². The predicted molar refractivity (Wildman–Crippen MR) is 87.0 cm³/mol. The molecule has 1 aliphatic heterocycles. The third-order valence-corrected chi connectivity index (χ3v) is 3.95. The summed E-state index contributed by atoms with van der Waals surface area (Å²) in [7, 11) is 0. The van der Waals surface area contributed by atoms with Crippen LogP contribution in [0.2, 0.25) is 0 Å². The van der Waals surface area contributed by atoms with E-state index in [4.69, 9.17) is 12.2 Å². The summed E-state index contributed by atoms with van der Waals surface area (Å²) in [4.78, 5) is 0. The van der Waals surface area contributed by atoms with Crippen molar-refractivity contribution < 1.29 is 13.5 Å². The Morgan fingerprint density at radius 3 is 2.36 bits per heavy atom. The Balaban J connectivity index is 1.88. The molecule has 0 bridgehead atoms. The van der Waals surface area contributed by atoms with E-state index in [2.05, 4.69) is 34.3 Å². The summed E-state index contributed by atoms with van der Waals surface area (Å²) in [6.45, 7) is 1.52. The number of thiocarbonyl (C=S) groups is 1. The standard InChI is InChI=1S/C15H21F2N3OS/c1-10-4-3-5-11(2)20(10)19-15(22)18-12-6-8-13(9-7-12)21-14(16)17/h6-11,14H,3-5H2,1-2H3,(H2,18,19,22)/t10-,11+. The van der Waals surface area contributed by atoms with Gasteiger partial charge in [0, 0.05) is 17.8 Å². The van der Waals surface area contributed by atoms with Gasteiger partial charge < -0.3 is 10.1 Å². The SMILES string of the molecule is C[C@@H]1CCC[C@H](C)N1NC(=S)Nc1ccc(OC(F)F)cc1. The van der Waals surface area contributed by atoms with Crippen LogP contribution in [0.15, 0.2) is 24.3 Å². The molecule has 1 heterocycles. The predicted octanol–water partition coefficient (Wildman–Crippen LogP) is 3.75. The van der Waals surface area contributed by atoms with Gasteiger partial charge in [0.2, 0.25) is 0 Å². The van der Waals surface area contributed by atoms with E-state index in [9.17, 15) is 8.78 Å². The van der Waals surface area contributed by atoms with Gasteiger partial charge in [-0.2, -0.15) is 8.78 Å². The van der Waals surface area contributed by atoms with E-state index in [0.29, 0.717) is 17.2 Å². The van der Waals surface area contributed by atoms with Gasteiger partial charge in [-0.05, 0) is 63.2 Å². The lowest BCUT2D eigenvalue weighted by Crippen LogP contribution is -2.55. The number of nitrogens with one attached hydrogen (secondary N) is 2. The molecular weight excluding hydrogens is 308 g/mol. The second kappa shape index (κ2) is 7.69. The van der Waals surface area contributed by atoms with E-state index >= 15 is 0 Å². The van der Waals surface area contributed by atoms with Crippen molar-refractivity contribution >= 4 is 23.0 Å². The highest BCUT2D eigenvalue weighted by Crippen LogP contribution is 2.21. The molecule has 4 nitrogen and oxygen atoms in total. The van der Waals surface area contributed by atoms with Crippen LogP contribution in [0.25, 0.3) is 0 Å². The van der Waals surface area contributed by atoms with Crippen LogP contribution in [0.5, 0.6) is 5.75 Å². The molecule has 1 aromatic carbocycles. The number of hydrogen-bond acceptors (Lipinski definition) is 3. The lowest BCUT2D eigenvalue weighted by atomic mass is 10.00. The number of hydrazine groups is 1. The van der Waals surface area contributed by atoms with Crippen LogP contribution in [0.3, 0.4) is 0 Å². The summed E-state index contributed by atoms with van der Waals surface area (Å²) in [5, 5.41) is 5.70. The highest BCUT2D eigenvalue weighted by atomic mass is 32.1. The Morgan fingerprint density at radius 1 is 1.23 bits per heavy atom. The van der Waals surface area contributed by atoms with Gasteiger partial charge in [0.25, 0.3) is 0 Å². The van der Waals surface area contributed by atoms with E-state index in [1.165, 1.54) is 18.6 Å². The molecule has 0 unspecified atom stereocenters. The highest BCUT2D eigenvalue weighted by molar-refractivity contribution is 7.80. The minimum atomic E-state index is -2.82. The average Bonchev–Trinajstić information content (AvgIpc) is 2.45. The molecule has 122 valence electrons. The molecule has 1 aromatic rings. The van der Waals surface area contributed by atoms with Crippen LogP contribution in [0.4, 0.5) is 14.5 Å². The second-order valence-corrected chi connectivity index (χ2v) is 5.91. The van der Waals surface area contributed by atoms with Crippen molar-refractivity contribution in [2.75, 3.05) is 5.32 Å². The van der Waals surface area contributed by atoms with E-state index in [1.54, 1.807) is 12.1 Å². The number of halogens is 2. The maximum atomic E-state index is 12.1. The zero-order valence-corrected chi connectivity index (χ0v) is 13.5. The topological polar surface area (TPSA) is 36.5 Å². The fraction of sp³-hybridized carbons (Fsp3) is 0.533. The molecule has 1 saturated heterocycles. The summed E-state index contributed by atoms with van der Waals surface area (Å²) in [6.07, 6.45) is 3.51. The molecule has 2 rings (SSSR count). The smallest absolute Gasteiger partial charge is 0.387 e. The molecule has 1 aliphatic rings. The zero-order chi connectivity index (χ0) is 16.1. The molecule has 0 saturated carbocycles. The fourth-order valence-corrected chi connectivity index (χ4v) is 2.86. The normalized spacial score (nSPS) is 22.4. The number of alkyl halides is 2. The summed E-state index contributed by atoms with van der Waals surface area (Å²) in [5.74, 6) is 0.123. The number of anilines is 1. The third-order valence-electron chi connectivity index (χ3n) is 3.76. The highest BCUT2D eigenvalue weighted by Gasteiger charge is 2.25. The monoisotopic (exact) mass is 329 g/mol. The number of hydrogen-bond donors (Lipinski definition) is 2. The van der Waals surface area contributed by atoms with Crippen molar-refractivity contribution in [1.82, 2.24) is 10.4 Å². The van der Waals surface area contributed by atoms with Crippen LogP contribution in [-0.2, 0) is 0 Å². The van der Waals surface area contributed by atoms with Gasteiger partial charge in [0.1, 0.15) is 5.75 Å². The first-order valence-corrected chi connectivity index (χ1v) is 7.77. The molecule has 2 N–H and O–H groups in total. The van der Waals surface area contributed by atoms with Crippen LogP contribution < -0.4 is 15.5 Å². The summed E-state index contributed by atoms with van der Waals surface area (Å²) < 4.78 is 28.5. The van der Waals surface area contributed by atoms with Crippen molar-refractivity contribution in [1.29, 1.82) is 0 Å². The first-order chi connectivity index (χ1) is 10.5. The maximum Gasteiger partial charge on any atom is 0.387 e. The lowest BCUT2D eigenvalue weighted by Gasteiger charge is -2.39. The van der Waals surface area contributed by atoms with Gasteiger partial charge >= 0.3 is 6.61 Å². The molecule has 0 amide bonds. The largest absolute Gasteiger partial charge is 0.435 e. The van der Waals surface area contributed by atoms with Gasteiger partial charge in [-0.25, -0.2) is 5.01 Å². The van der Waals surface area contributed by atoms with Gasteiger partial charge in [0.15, 0.2) is 5.11 Å². The molecule has 0 radical (unpaired) electrons. The van der Waals surface area contributed by atoms with Crippen LogP contribution in [-0.4, -0.2) is 28.8 Å². The molecule has 0 aliphatic carbocycles. The molecule has 2 atom stereocenters. The first kappa shape index (κ1) is 16.9. The van der Waals surface area contributed by atoms with Gasteiger partial charge in [-0.15, -0.1) is 0 Å². The minimum absolute atomic E-state index is 0.123. The summed E-state index contributed by atoms with van der Waals surface area (Å²) in [6, 6.07) is 7.09. The second-order valence-electron chi connectivity index (χ2n) is 5.51. The molecular formula is C15H21F2N3OS. The van der Waals surface area contributed by atoms with Gasteiger partial charge in [0.05, 0.1) is 0 Å². The van der Waals surface area contributed by atoms with Crippen molar-refractivity contribution in [3.05, 3.63) is 24.3 Å². The van der Waals surface area contributed by atoms with Crippen LogP contribution in [0.1, 0.15) is 33.1 Å². The van der Waals surface area contributed by atoms with E-state index < -0.39 is 6.61 Å². The first-order valence-electron chi connectivity index (χ1n) is 7.36. The summed E-state index contributed by atoms with van der Waals surface area (Å²) in [5.41, 5.74) is 3.94. The molecule has 0 aromatic heterocycles. The number of ether oxygens (including phenoxy) is 1. The Labute approximate surface area is 134 Å². The van der Waals surface area contributed by atoms with Gasteiger partial charge in [-0.3, -0.25) is 5.43 Å². The number of rotatable bonds is 4. The Bertz CT molecular complexity index is 488. The Morgan fingerprint density at radius 2 is 1.82 bits per heavy atom.